The Bertz CT molecular complexity index is 168. The summed E-state index contributed by atoms with van der Waals surface area (Å²) in [4.78, 5) is 20.9. The van der Waals surface area contributed by atoms with E-state index in [9.17, 15) is 9.59 Å². The quantitative estimate of drug-likeness (QED) is 0.622. The Morgan fingerprint density at radius 1 is 1.50 bits per heavy atom. The van der Waals surface area contributed by atoms with Gasteiger partial charge in [0.1, 0.15) is 0 Å². The van der Waals surface area contributed by atoms with E-state index in [2.05, 4.69) is 5.32 Å². The number of nitrogens with two attached hydrogens (primary N) is 1. The zero-order chi connectivity index (χ0) is 9.56. The molecule has 0 saturated heterocycles. The molecule has 0 atom stereocenters. The number of amides is 2. The Balaban J connectivity index is 3.40. The highest BCUT2D eigenvalue weighted by atomic mass is 16.5. The summed E-state index contributed by atoms with van der Waals surface area (Å²) in [5.74, 6) is -0.305. The highest BCUT2D eigenvalue weighted by Crippen LogP contribution is 1.91. The second-order valence-electron chi connectivity index (χ2n) is 2.81. The fourth-order valence-electron chi connectivity index (χ4n) is 0.453. The lowest BCUT2D eigenvalue weighted by atomic mass is 10.2. The third-order valence-electron chi connectivity index (χ3n) is 0.955. The van der Waals surface area contributed by atoms with Crippen molar-refractivity contribution in [2.75, 3.05) is 13.2 Å². The van der Waals surface area contributed by atoms with Crippen molar-refractivity contribution in [3.05, 3.63) is 0 Å². The van der Waals surface area contributed by atoms with Gasteiger partial charge in [0.25, 0.3) is 0 Å². The van der Waals surface area contributed by atoms with Crippen LogP contribution >= 0.6 is 0 Å². The normalized spacial score (nSPS) is 9.58. The van der Waals surface area contributed by atoms with Crippen LogP contribution in [0.25, 0.3) is 0 Å². The smallest absolute Gasteiger partial charge is 0.407 e. The summed E-state index contributed by atoms with van der Waals surface area (Å²) in [6.07, 6.45) is -0.609. The Hall–Kier alpha value is -1.26. The van der Waals surface area contributed by atoms with E-state index >= 15 is 0 Å². The van der Waals surface area contributed by atoms with Crippen molar-refractivity contribution in [1.29, 1.82) is 0 Å². The maximum absolute atomic E-state index is 10.7. The van der Waals surface area contributed by atoms with Gasteiger partial charge in [0.15, 0.2) is 0 Å². The first-order chi connectivity index (χ1) is 5.52. The van der Waals surface area contributed by atoms with Crippen LogP contribution in [0.2, 0.25) is 0 Å². The monoisotopic (exact) mass is 174 g/mol. The molecular formula is C7H14N2O3. The van der Waals surface area contributed by atoms with Crippen molar-refractivity contribution in [1.82, 2.24) is 5.32 Å². The molecule has 0 spiro atoms. The number of carbonyl (C=O) groups excluding carboxylic acids is 2. The second kappa shape index (κ2) is 5.40. The maximum atomic E-state index is 10.7. The van der Waals surface area contributed by atoms with E-state index < -0.39 is 12.0 Å². The summed E-state index contributed by atoms with van der Waals surface area (Å²) >= 11 is 0. The van der Waals surface area contributed by atoms with E-state index in [-0.39, 0.29) is 12.5 Å². The third kappa shape index (κ3) is 6.85. The molecule has 0 aromatic heterocycles. The predicted octanol–water partition coefficient (Wildman–Crippen LogP) is -0.146. The lowest BCUT2D eigenvalue weighted by molar-refractivity contribution is -0.117. The van der Waals surface area contributed by atoms with Crippen molar-refractivity contribution in [2.24, 2.45) is 11.7 Å². The van der Waals surface area contributed by atoms with Gasteiger partial charge in [0.05, 0.1) is 13.2 Å². The minimum absolute atomic E-state index is 0.184. The summed E-state index contributed by atoms with van der Waals surface area (Å²) in [6.45, 7) is 3.99. The van der Waals surface area contributed by atoms with E-state index in [0.29, 0.717) is 6.61 Å². The molecule has 0 heterocycles. The molecule has 0 rings (SSSR count). The molecule has 0 aromatic rings. The fourth-order valence-corrected chi connectivity index (χ4v) is 0.453. The van der Waals surface area contributed by atoms with Crippen LogP contribution in [0.4, 0.5) is 4.79 Å². The first-order valence-electron chi connectivity index (χ1n) is 3.71. The lowest BCUT2D eigenvalue weighted by Crippen LogP contribution is -2.34. The largest absolute Gasteiger partial charge is 0.449 e. The van der Waals surface area contributed by atoms with Crippen LogP contribution in [0, 0.1) is 5.92 Å². The number of ether oxygens (including phenoxy) is 1. The van der Waals surface area contributed by atoms with E-state index in [1.165, 1.54) is 0 Å². The Labute approximate surface area is 71.3 Å². The van der Waals surface area contributed by atoms with Crippen LogP contribution in [-0.4, -0.2) is 25.2 Å². The van der Waals surface area contributed by atoms with Crippen LogP contribution in [0.3, 0.4) is 0 Å². The SMILES string of the molecule is CC(C)COC(=O)NCC(N)=O. The predicted molar refractivity (Wildman–Crippen MR) is 43.4 cm³/mol. The van der Waals surface area contributed by atoms with Crippen LogP contribution in [0.5, 0.6) is 0 Å². The van der Waals surface area contributed by atoms with Gasteiger partial charge < -0.3 is 15.8 Å². The molecule has 5 heteroatoms. The number of rotatable bonds is 4. The van der Waals surface area contributed by atoms with Crippen molar-refractivity contribution in [2.45, 2.75) is 13.8 Å². The zero-order valence-electron chi connectivity index (χ0n) is 7.29. The van der Waals surface area contributed by atoms with Crippen molar-refractivity contribution < 1.29 is 14.3 Å². The fraction of sp³-hybridized carbons (Fsp3) is 0.714. The molecule has 2 amide bonds. The molecule has 0 fully saturated rings. The molecule has 0 radical (unpaired) electrons. The van der Waals surface area contributed by atoms with Crippen LogP contribution in [0.15, 0.2) is 0 Å². The van der Waals surface area contributed by atoms with Crippen molar-refractivity contribution in [3.8, 4) is 0 Å². The molecule has 0 aliphatic heterocycles. The number of alkyl carbamates (subject to hydrolysis) is 1. The van der Waals surface area contributed by atoms with E-state index in [0.717, 1.165) is 0 Å². The maximum Gasteiger partial charge on any atom is 0.407 e. The van der Waals surface area contributed by atoms with Gasteiger partial charge in [-0.05, 0) is 5.92 Å². The molecule has 12 heavy (non-hydrogen) atoms. The van der Waals surface area contributed by atoms with E-state index in [1.54, 1.807) is 0 Å². The van der Waals surface area contributed by atoms with Crippen molar-refractivity contribution in [3.63, 3.8) is 0 Å². The van der Waals surface area contributed by atoms with Crippen LogP contribution < -0.4 is 11.1 Å². The number of hydrogen-bond acceptors (Lipinski definition) is 3. The Morgan fingerprint density at radius 3 is 2.50 bits per heavy atom. The van der Waals surface area contributed by atoms with Crippen molar-refractivity contribution >= 4 is 12.0 Å². The first kappa shape index (κ1) is 10.7. The third-order valence-corrected chi connectivity index (χ3v) is 0.955. The number of nitrogens with one attached hydrogen (secondary N) is 1. The second-order valence-corrected chi connectivity index (χ2v) is 2.81. The molecule has 0 aromatic carbocycles. The highest BCUT2D eigenvalue weighted by Gasteiger charge is 2.03. The summed E-state index contributed by atoms with van der Waals surface area (Å²) < 4.78 is 4.70. The van der Waals surface area contributed by atoms with Crippen LogP contribution in [-0.2, 0) is 9.53 Å². The highest BCUT2D eigenvalue weighted by molar-refractivity contribution is 5.80. The molecule has 0 saturated carbocycles. The molecule has 0 bridgehead atoms. The summed E-state index contributed by atoms with van der Waals surface area (Å²) in [5, 5.41) is 2.20. The lowest BCUT2D eigenvalue weighted by Gasteiger charge is -2.06. The van der Waals surface area contributed by atoms with Gasteiger partial charge in [-0.3, -0.25) is 4.79 Å². The van der Waals surface area contributed by atoms with Gasteiger partial charge in [-0.25, -0.2) is 4.79 Å². The Kier molecular flexibility index (Phi) is 4.83. The first-order valence-corrected chi connectivity index (χ1v) is 3.71. The van der Waals surface area contributed by atoms with Gasteiger partial charge in [-0.2, -0.15) is 0 Å². The molecule has 0 unspecified atom stereocenters. The molecule has 5 nitrogen and oxygen atoms in total. The van der Waals surface area contributed by atoms with Gasteiger partial charge in [0.2, 0.25) is 5.91 Å². The zero-order valence-corrected chi connectivity index (χ0v) is 7.29. The minimum Gasteiger partial charge on any atom is -0.449 e. The number of primary amides is 1. The minimum atomic E-state index is -0.609. The molecule has 3 N–H and O–H groups in total. The van der Waals surface area contributed by atoms with Crippen LogP contribution in [0.1, 0.15) is 13.8 Å². The standard InChI is InChI=1S/C7H14N2O3/c1-5(2)4-12-7(11)9-3-6(8)10/h5H,3-4H2,1-2H3,(H2,8,10)(H,9,11). The summed E-state index contributed by atoms with van der Waals surface area (Å²) in [6, 6.07) is 0. The molecule has 0 aliphatic carbocycles. The topological polar surface area (TPSA) is 81.4 Å². The van der Waals surface area contributed by atoms with Gasteiger partial charge in [-0.1, -0.05) is 13.8 Å². The average Bonchev–Trinajstić information content (AvgIpc) is 1.96. The molecular weight excluding hydrogens is 160 g/mol. The molecule has 70 valence electrons. The summed E-state index contributed by atoms with van der Waals surface area (Å²) in [7, 11) is 0. The van der Waals surface area contributed by atoms with Gasteiger partial charge >= 0.3 is 6.09 Å². The van der Waals surface area contributed by atoms with Gasteiger partial charge in [-0.15, -0.1) is 0 Å². The van der Waals surface area contributed by atoms with E-state index in [4.69, 9.17) is 10.5 Å². The number of carbonyl (C=O) groups is 2. The Morgan fingerprint density at radius 2 is 2.08 bits per heavy atom. The summed E-state index contributed by atoms with van der Waals surface area (Å²) in [5.41, 5.74) is 4.79. The molecule has 0 aliphatic rings. The van der Waals surface area contributed by atoms with Gasteiger partial charge in [0, 0.05) is 0 Å². The van der Waals surface area contributed by atoms with E-state index in [1.807, 2.05) is 13.8 Å². The number of hydrogen-bond donors (Lipinski definition) is 2. The average molecular weight is 174 g/mol.